The van der Waals surface area contributed by atoms with E-state index in [1.54, 1.807) is 0 Å². The molecule has 118 valence electrons. The van der Waals surface area contributed by atoms with E-state index in [2.05, 4.69) is 13.8 Å². The second-order valence-corrected chi connectivity index (χ2v) is 6.69. The van der Waals surface area contributed by atoms with Gasteiger partial charge in [0.1, 0.15) is 0 Å². The van der Waals surface area contributed by atoms with Gasteiger partial charge in [-0.1, -0.05) is 65.2 Å². The molecule has 1 saturated carbocycles. The first-order valence-electron chi connectivity index (χ1n) is 9.04. The van der Waals surface area contributed by atoms with E-state index in [9.17, 15) is 5.21 Å². The highest BCUT2D eigenvalue weighted by molar-refractivity contribution is 5.54. The summed E-state index contributed by atoms with van der Waals surface area (Å²) in [4.78, 5) is 0. The zero-order valence-electron chi connectivity index (χ0n) is 13.8. The standard InChI is InChI=1S/C18H35NO/c1-3-4-5-6-7-8-10-13-17(2)16-19(20)18-14-11-9-12-15-18/h16-18H,3-15H2,1-2H3. The van der Waals surface area contributed by atoms with E-state index >= 15 is 0 Å². The fraction of sp³-hybridized carbons (Fsp3) is 0.944. The van der Waals surface area contributed by atoms with E-state index < -0.39 is 0 Å². The summed E-state index contributed by atoms with van der Waals surface area (Å²) < 4.78 is 1.28. The molecular formula is C18H35NO. The van der Waals surface area contributed by atoms with Gasteiger partial charge < -0.3 is 5.21 Å². The van der Waals surface area contributed by atoms with Gasteiger partial charge in [-0.15, -0.1) is 0 Å². The Balaban J connectivity index is 2.07. The van der Waals surface area contributed by atoms with Crippen LogP contribution >= 0.6 is 0 Å². The quantitative estimate of drug-likeness (QED) is 0.166. The van der Waals surface area contributed by atoms with Crippen molar-refractivity contribution in [1.82, 2.24) is 0 Å². The third-order valence-corrected chi connectivity index (χ3v) is 4.60. The largest absolute Gasteiger partial charge is 0.624 e. The number of rotatable bonds is 10. The van der Waals surface area contributed by atoms with Crippen molar-refractivity contribution in [2.75, 3.05) is 0 Å². The molecule has 2 heteroatoms. The summed E-state index contributed by atoms with van der Waals surface area (Å²) in [6, 6.07) is 0.278. The van der Waals surface area contributed by atoms with Gasteiger partial charge in [0.15, 0.2) is 12.3 Å². The Kier molecular flexibility index (Phi) is 9.78. The van der Waals surface area contributed by atoms with Gasteiger partial charge >= 0.3 is 0 Å². The van der Waals surface area contributed by atoms with Crippen molar-refractivity contribution in [2.45, 2.75) is 103 Å². The molecule has 1 unspecified atom stereocenters. The molecule has 0 aromatic carbocycles. The van der Waals surface area contributed by atoms with Crippen molar-refractivity contribution in [1.29, 1.82) is 0 Å². The molecule has 0 aliphatic heterocycles. The smallest absolute Gasteiger partial charge is 0.162 e. The molecule has 0 amide bonds. The summed E-state index contributed by atoms with van der Waals surface area (Å²) in [7, 11) is 0. The highest BCUT2D eigenvalue weighted by Crippen LogP contribution is 2.20. The van der Waals surface area contributed by atoms with E-state index in [1.165, 1.54) is 75.4 Å². The van der Waals surface area contributed by atoms with Gasteiger partial charge in [0.2, 0.25) is 0 Å². The van der Waals surface area contributed by atoms with E-state index in [0.29, 0.717) is 5.92 Å². The number of hydrogen-bond acceptors (Lipinski definition) is 1. The molecule has 0 heterocycles. The zero-order valence-corrected chi connectivity index (χ0v) is 13.8. The molecule has 2 nitrogen and oxygen atoms in total. The molecule has 0 spiro atoms. The number of hydroxylamine groups is 1. The first-order valence-corrected chi connectivity index (χ1v) is 9.04. The van der Waals surface area contributed by atoms with Crippen LogP contribution in [0.25, 0.3) is 0 Å². The normalized spacial score (nSPS) is 19.2. The molecule has 1 atom stereocenters. The summed E-state index contributed by atoms with van der Waals surface area (Å²) in [5, 5.41) is 12.1. The molecule has 1 aliphatic rings. The minimum Gasteiger partial charge on any atom is -0.624 e. The Morgan fingerprint density at radius 1 is 1.00 bits per heavy atom. The Hall–Kier alpha value is -0.530. The molecule has 1 aliphatic carbocycles. The minimum absolute atomic E-state index is 0.278. The monoisotopic (exact) mass is 281 g/mol. The Labute approximate surface area is 126 Å². The maximum Gasteiger partial charge on any atom is 0.162 e. The van der Waals surface area contributed by atoms with Gasteiger partial charge in [0, 0.05) is 18.8 Å². The van der Waals surface area contributed by atoms with Crippen molar-refractivity contribution >= 4 is 6.21 Å². The van der Waals surface area contributed by atoms with Crippen LogP contribution in [0.4, 0.5) is 0 Å². The highest BCUT2D eigenvalue weighted by atomic mass is 16.5. The molecule has 0 aromatic rings. The lowest BCUT2D eigenvalue weighted by Crippen LogP contribution is -2.26. The van der Waals surface area contributed by atoms with Crippen LogP contribution in [0.3, 0.4) is 0 Å². The van der Waals surface area contributed by atoms with Crippen molar-refractivity contribution < 1.29 is 4.74 Å². The first kappa shape index (κ1) is 17.5. The van der Waals surface area contributed by atoms with Crippen LogP contribution in [0, 0.1) is 11.1 Å². The lowest BCUT2D eigenvalue weighted by molar-refractivity contribution is -0.503. The highest BCUT2D eigenvalue weighted by Gasteiger charge is 2.20. The fourth-order valence-corrected chi connectivity index (χ4v) is 3.21. The second kappa shape index (κ2) is 11.2. The number of unbranched alkanes of at least 4 members (excludes halogenated alkanes) is 6. The predicted octanol–water partition coefficient (Wildman–Crippen LogP) is 5.68. The number of nitrogens with zero attached hydrogens (tertiary/aromatic N) is 1. The molecule has 0 bridgehead atoms. The van der Waals surface area contributed by atoms with Crippen LogP contribution in [0.1, 0.15) is 97.3 Å². The molecule has 1 fully saturated rings. The van der Waals surface area contributed by atoms with Crippen molar-refractivity contribution in [2.24, 2.45) is 5.92 Å². The fourth-order valence-electron chi connectivity index (χ4n) is 3.21. The maximum atomic E-state index is 12.1. The van der Waals surface area contributed by atoms with Gasteiger partial charge in [-0.3, -0.25) is 0 Å². The van der Waals surface area contributed by atoms with Gasteiger partial charge in [-0.05, 0) is 19.3 Å². The van der Waals surface area contributed by atoms with Crippen LogP contribution in [0.5, 0.6) is 0 Å². The van der Waals surface area contributed by atoms with Crippen LogP contribution in [0.15, 0.2) is 0 Å². The van der Waals surface area contributed by atoms with Crippen molar-refractivity contribution in [3.05, 3.63) is 5.21 Å². The minimum atomic E-state index is 0.278. The third kappa shape index (κ3) is 7.91. The van der Waals surface area contributed by atoms with Crippen LogP contribution < -0.4 is 0 Å². The lowest BCUT2D eigenvalue weighted by Gasteiger charge is -2.21. The third-order valence-electron chi connectivity index (χ3n) is 4.60. The van der Waals surface area contributed by atoms with Crippen molar-refractivity contribution in [3.63, 3.8) is 0 Å². The second-order valence-electron chi connectivity index (χ2n) is 6.69. The van der Waals surface area contributed by atoms with Gasteiger partial charge in [0.25, 0.3) is 0 Å². The molecule has 0 N–H and O–H groups in total. The van der Waals surface area contributed by atoms with Crippen LogP contribution in [-0.4, -0.2) is 17.0 Å². The molecular weight excluding hydrogens is 246 g/mol. The summed E-state index contributed by atoms with van der Waals surface area (Å²) in [5.74, 6) is 0.449. The number of hydrogen-bond donors (Lipinski definition) is 0. The zero-order chi connectivity index (χ0) is 14.6. The van der Waals surface area contributed by atoms with Gasteiger partial charge in [-0.2, -0.15) is 0 Å². The Morgan fingerprint density at radius 3 is 2.25 bits per heavy atom. The maximum absolute atomic E-state index is 12.1. The van der Waals surface area contributed by atoms with Gasteiger partial charge in [0.05, 0.1) is 0 Å². The Bertz CT molecular complexity index is 256. The summed E-state index contributed by atoms with van der Waals surface area (Å²) in [6.07, 6.45) is 18.6. The summed E-state index contributed by atoms with van der Waals surface area (Å²) in [5.41, 5.74) is 0. The predicted molar refractivity (Wildman–Crippen MR) is 88.3 cm³/mol. The molecule has 0 radical (unpaired) electrons. The Morgan fingerprint density at radius 2 is 1.60 bits per heavy atom. The van der Waals surface area contributed by atoms with Crippen LogP contribution in [0.2, 0.25) is 0 Å². The topological polar surface area (TPSA) is 26.1 Å². The van der Waals surface area contributed by atoms with Crippen molar-refractivity contribution in [3.8, 4) is 0 Å². The van der Waals surface area contributed by atoms with E-state index in [1.807, 2.05) is 6.21 Å². The molecule has 1 rings (SSSR count). The van der Waals surface area contributed by atoms with E-state index in [4.69, 9.17) is 0 Å². The first-order chi connectivity index (χ1) is 9.74. The average molecular weight is 281 g/mol. The SMILES string of the molecule is CCCCCCCCCC(C)C=[N+]([O-])C1CCCCC1. The average Bonchev–Trinajstić information content (AvgIpc) is 2.47. The van der Waals surface area contributed by atoms with E-state index in [-0.39, 0.29) is 6.04 Å². The summed E-state index contributed by atoms with van der Waals surface area (Å²) in [6.45, 7) is 4.46. The molecule has 0 aromatic heterocycles. The summed E-state index contributed by atoms with van der Waals surface area (Å²) >= 11 is 0. The van der Waals surface area contributed by atoms with Crippen LogP contribution in [-0.2, 0) is 0 Å². The van der Waals surface area contributed by atoms with Gasteiger partial charge in [-0.25, -0.2) is 4.74 Å². The molecule has 0 saturated heterocycles. The lowest BCUT2D eigenvalue weighted by atomic mass is 9.95. The molecule has 20 heavy (non-hydrogen) atoms. The van der Waals surface area contributed by atoms with E-state index in [0.717, 1.165) is 12.8 Å².